The predicted octanol–water partition coefficient (Wildman–Crippen LogP) is 2.02. The summed E-state index contributed by atoms with van der Waals surface area (Å²) in [4.78, 5) is 31.2. The number of aromatic nitrogens is 2. The summed E-state index contributed by atoms with van der Waals surface area (Å²) in [6.07, 6.45) is 2.30. The molecule has 0 aliphatic heterocycles. The maximum atomic E-state index is 11.6. The number of thiophene rings is 1. The molecule has 6 nitrogen and oxygen atoms in total. The quantitative estimate of drug-likeness (QED) is 0.652. The molecule has 2 aromatic rings. The number of thioether (sulfide) groups is 1. The number of carbonyl (C=O) groups is 2. The van der Waals surface area contributed by atoms with Crippen LogP contribution in [0.2, 0.25) is 0 Å². The normalized spacial score (nSPS) is 10.4. The van der Waals surface area contributed by atoms with Gasteiger partial charge in [0.25, 0.3) is 0 Å². The van der Waals surface area contributed by atoms with Crippen LogP contribution in [0.5, 0.6) is 0 Å². The van der Waals surface area contributed by atoms with Gasteiger partial charge in [0.15, 0.2) is 0 Å². The van der Waals surface area contributed by atoms with Crippen LogP contribution in [0.1, 0.15) is 13.3 Å². The molecule has 0 bridgehead atoms. The van der Waals surface area contributed by atoms with Crippen LogP contribution in [0.15, 0.2) is 22.8 Å². The fraction of sp³-hybridized carbons (Fsp3) is 0.333. The van der Waals surface area contributed by atoms with E-state index >= 15 is 0 Å². The molecule has 0 saturated carbocycles. The molecule has 0 aromatic carbocycles. The van der Waals surface area contributed by atoms with Gasteiger partial charge in [-0.15, -0.1) is 11.3 Å². The molecular formula is C12H14N4O2S2. The lowest BCUT2D eigenvalue weighted by atomic mass is 10.5. The number of fused-ring (bicyclic) bond motifs is 1. The molecule has 0 aliphatic rings. The molecule has 0 fully saturated rings. The molecule has 2 N–H and O–H groups in total. The van der Waals surface area contributed by atoms with Crippen LogP contribution >= 0.6 is 23.1 Å². The van der Waals surface area contributed by atoms with Gasteiger partial charge in [0.1, 0.15) is 11.4 Å². The Morgan fingerprint density at radius 3 is 3.05 bits per heavy atom. The standard InChI is InChI=1S/C12H14N4O2S2/c1-2-4-13-12(18)16-9(17)6-20-11-10-8(3-5-19-10)14-7-15-11/h3,5,7H,2,4,6H2,1H3,(H2,13,16,17,18). The van der Waals surface area contributed by atoms with Gasteiger partial charge in [-0.25, -0.2) is 14.8 Å². The fourth-order valence-corrected chi connectivity index (χ4v) is 3.19. The van der Waals surface area contributed by atoms with E-state index in [9.17, 15) is 9.59 Å². The molecular weight excluding hydrogens is 296 g/mol. The third-order valence-electron chi connectivity index (χ3n) is 2.34. The lowest BCUT2D eigenvalue weighted by Gasteiger charge is -2.05. The summed E-state index contributed by atoms with van der Waals surface area (Å²) in [7, 11) is 0. The molecule has 0 saturated heterocycles. The van der Waals surface area contributed by atoms with E-state index in [-0.39, 0.29) is 11.7 Å². The van der Waals surface area contributed by atoms with Gasteiger partial charge in [-0.1, -0.05) is 18.7 Å². The highest BCUT2D eigenvalue weighted by Gasteiger charge is 2.10. The first-order valence-corrected chi connectivity index (χ1v) is 7.96. The Morgan fingerprint density at radius 1 is 1.40 bits per heavy atom. The lowest BCUT2D eigenvalue weighted by molar-refractivity contribution is -0.117. The second-order valence-corrected chi connectivity index (χ2v) is 5.79. The Balaban J connectivity index is 1.87. The second kappa shape index (κ2) is 7.20. The smallest absolute Gasteiger partial charge is 0.321 e. The zero-order valence-corrected chi connectivity index (χ0v) is 12.5. The first kappa shape index (κ1) is 14.7. The van der Waals surface area contributed by atoms with Gasteiger partial charge in [-0.3, -0.25) is 10.1 Å². The van der Waals surface area contributed by atoms with Crippen molar-refractivity contribution < 1.29 is 9.59 Å². The number of nitrogens with one attached hydrogen (secondary N) is 2. The zero-order valence-electron chi connectivity index (χ0n) is 10.9. The molecule has 0 aliphatic carbocycles. The Kier molecular flexibility index (Phi) is 5.31. The van der Waals surface area contributed by atoms with Gasteiger partial charge in [0, 0.05) is 6.54 Å². The Hall–Kier alpha value is -1.67. The van der Waals surface area contributed by atoms with Gasteiger partial charge in [-0.05, 0) is 17.9 Å². The number of amides is 3. The van der Waals surface area contributed by atoms with Crippen LogP contribution in [-0.2, 0) is 4.79 Å². The third kappa shape index (κ3) is 3.91. The van der Waals surface area contributed by atoms with Gasteiger partial charge in [0.2, 0.25) is 5.91 Å². The number of imide groups is 1. The van der Waals surface area contributed by atoms with Crippen molar-refractivity contribution in [1.82, 2.24) is 20.6 Å². The van der Waals surface area contributed by atoms with Crippen LogP contribution in [0, 0.1) is 0 Å². The highest BCUT2D eigenvalue weighted by Crippen LogP contribution is 2.28. The van der Waals surface area contributed by atoms with Crippen LogP contribution < -0.4 is 10.6 Å². The number of hydrogen-bond donors (Lipinski definition) is 2. The van der Waals surface area contributed by atoms with E-state index in [1.54, 1.807) is 0 Å². The molecule has 20 heavy (non-hydrogen) atoms. The lowest BCUT2D eigenvalue weighted by Crippen LogP contribution is -2.40. The summed E-state index contributed by atoms with van der Waals surface area (Å²) in [6.45, 7) is 2.49. The maximum absolute atomic E-state index is 11.6. The first-order chi connectivity index (χ1) is 9.70. The van der Waals surface area contributed by atoms with Crippen LogP contribution in [0.3, 0.4) is 0 Å². The second-order valence-electron chi connectivity index (χ2n) is 3.91. The summed E-state index contributed by atoms with van der Waals surface area (Å²) in [6, 6.07) is 1.45. The Morgan fingerprint density at radius 2 is 2.25 bits per heavy atom. The summed E-state index contributed by atoms with van der Waals surface area (Å²) < 4.78 is 0.959. The minimum Gasteiger partial charge on any atom is -0.338 e. The van der Waals surface area contributed by atoms with Crippen LogP contribution in [-0.4, -0.2) is 34.2 Å². The summed E-state index contributed by atoms with van der Waals surface area (Å²) in [5.41, 5.74) is 0.869. The number of nitrogens with zero attached hydrogens (tertiary/aromatic N) is 2. The molecule has 8 heteroatoms. The maximum Gasteiger partial charge on any atom is 0.321 e. The minimum atomic E-state index is -0.457. The predicted molar refractivity (Wildman–Crippen MR) is 80.0 cm³/mol. The monoisotopic (exact) mass is 310 g/mol. The Labute approximate surface area is 124 Å². The molecule has 2 rings (SSSR count). The topological polar surface area (TPSA) is 84.0 Å². The van der Waals surface area contributed by atoms with Gasteiger partial charge < -0.3 is 5.32 Å². The van der Waals surface area contributed by atoms with E-state index in [2.05, 4.69) is 20.6 Å². The van der Waals surface area contributed by atoms with Gasteiger partial charge in [0.05, 0.1) is 16.0 Å². The summed E-state index contributed by atoms with van der Waals surface area (Å²) in [5.74, 6) is -0.198. The number of hydrogen-bond acceptors (Lipinski definition) is 6. The molecule has 2 heterocycles. The van der Waals surface area contributed by atoms with Gasteiger partial charge >= 0.3 is 6.03 Å². The van der Waals surface area contributed by atoms with E-state index in [0.717, 1.165) is 21.7 Å². The van der Waals surface area contributed by atoms with E-state index in [1.165, 1.54) is 29.4 Å². The van der Waals surface area contributed by atoms with Gasteiger partial charge in [-0.2, -0.15) is 0 Å². The molecule has 0 spiro atoms. The first-order valence-electron chi connectivity index (χ1n) is 6.09. The molecule has 0 radical (unpaired) electrons. The number of urea groups is 1. The van der Waals surface area contributed by atoms with E-state index in [1.807, 2.05) is 18.4 Å². The number of rotatable bonds is 5. The zero-order chi connectivity index (χ0) is 14.4. The van der Waals surface area contributed by atoms with Crippen molar-refractivity contribution in [2.75, 3.05) is 12.3 Å². The van der Waals surface area contributed by atoms with E-state index < -0.39 is 6.03 Å². The fourth-order valence-electron chi connectivity index (χ4n) is 1.45. The van der Waals surface area contributed by atoms with Crippen molar-refractivity contribution in [3.63, 3.8) is 0 Å². The molecule has 2 aromatic heterocycles. The van der Waals surface area contributed by atoms with Crippen LogP contribution in [0.4, 0.5) is 4.79 Å². The number of carbonyl (C=O) groups excluding carboxylic acids is 2. The summed E-state index contributed by atoms with van der Waals surface area (Å²) >= 11 is 2.83. The van der Waals surface area contributed by atoms with Crippen molar-refractivity contribution >= 4 is 45.3 Å². The average Bonchev–Trinajstić information content (AvgIpc) is 2.91. The van der Waals surface area contributed by atoms with E-state index in [4.69, 9.17) is 0 Å². The molecule has 3 amide bonds. The van der Waals surface area contributed by atoms with Crippen molar-refractivity contribution in [3.05, 3.63) is 17.8 Å². The average molecular weight is 310 g/mol. The van der Waals surface area contributed by atoms with Crippen molar-refractivity contribution in [1.29, 1.82) is 0 Å². The van der Waals surface area contributed by atoms with Crippen molar-refractivity contribution in [2.24, 2.45) is 0 Å². The third-order valence-corrected chi connectivity index (χ3v) is 4.37. The van der Waals surface area contributed by atoms with Crippen molar-refractivity contribution in [3.8, 4) is 0 Å². The largest absolute Gasteiger partial charge is 0.338 e. The molecule has 0 atom stereocenters. The van der Waals surface area contributed by atoms with E-state index in [0.29, 0.717) is 6.54 Å². The summed E-state index contributed by atoms with van der Waals surface area (Å²) in [5, 5.41) is 7.55. The Bertz CT molecular complexity index is 614. The molecule has 106 valence electrons. The highest BCUT2D eigenvalue weighted by atomic mass is 32.2. The minimum absolute atomic E-state index is 0.142. The highest BCUT2D eigenvalue weighted by molar-refractivity contribution is 8.00. The van der Waals surface area contributed by atoms with Crippen LogP contribution in [0.25, 0.3) is 10.2 Å². The van der Waals surface area contributed by atoms with Crippen molar-refractivity contribution in [2.45, 2.75) is 18.4 Å². The SMILES string of the molecule is CCCNC(=O)NC(=O)CSc1ncnc2ccsc12. The molecule has 0 unspecified atom stereocenters.